The standard InChI is InChI=1S/C15H22N2O/c18-14-7-1-6-13-12-5-3-9-16-8-2-4-11(15(12)16)10-17(13)14/h1,7,11-13,15H,2-6,8-10H2/p+1/t11-,12+,13-,15-/m1/s1. The molecule has 0 aromatic carbocycles. The largest absolute Gasteiger partial charge is 0.335 e. The van der Waals surface area contributed by atoms with E-state index in [-0.39, 0.29) is 5.91 Å². The second kappa shape index (κ2) is 4.09. The number of nitrogens with zero attached hydrogens (tertiary/aromatic N) is 1. The summed E-state index contributed by atoms with van der Waals surface area (Å²) in [5, 5.41) is 0. The molecule has 98 valence electrons. The predicted octanol–water partition coefficient (Wildman–Crippen LogP) is 0.231. The Hall–Kier alpha value is -0.830. The summed E-state index contributed by atoms with van der Waals surface area (Å²) in [5.41, 5.74) is 0. The van der Waals surface area contributed by atoms with Crippen LogP contribution in [0.4, 0.5) is 0 Å². The quantitative estimate of drug-likeness (QED) is 0.651. The van der Waals surface area contributed by atoms with Crippen LogP contribution in [0, 0.1) is 11.8 Å². The lowest BCUT2D eigenvalue weighted by atomic mass is 9.68. The molecule has 4 aliphatic rings. The van der Waals surface area contributed by atoms with Crippen LogP contribution in [0.3, 0.4) is 0 Å². The van der Waals surface area contributed by atoms with Crippen LogP contribution in [0.2, 0.25) is 0 Å². The highest BCUT2D eigenvalue weighted by atomic mass is 16.2. The fourth-order valence-electron chi connectivity index (χ4n) is 5.17. The van der Waals surface area contributed by atoms with Gasteiger partial charge in [0, 0.05) is 24.4 Å². The maximum Gasteiger partial charge on any atom is 0.246 e. The predicted molar refractivity (Wildman–Crippen MR) is 69.2 cm³/mol. The monoisotopic (exact) mass is 247 g/mol. The molecule has 3 heteroatoms. The molecule has 0 aliphatic carbocycles. The fraction of sp³-hybridized carbons (Fsp3) is 0.800. The number of carbonyl (C=O) groups excluding carboxylic acids is 1. The summed E-state index contributed by atoms with van der Waals surface area (Å²) in [5.74, 6) is 1.84. The van der Waals surface area contributed by atoms with E-state index < -0.39 is 0 Å². The number of piperidine rings is 3. The maximum absolute atomic E-state index is 12.1. The molecule has 0 saturated carbocycles. The lowest BCUT2D eigenvalue weighted by Crippen LogP contribution is -3.20. The van der Waals surface area contributed by atoms with Crippen molar-refractivity contribution in [1.82, 2.24) is 4.90 Å². The molecule has 4 heterocycles. The summed E-state index contributed by atoms with van der Waals surface area (Å²) in [4.78, 5) is 16.2. The van der Waals surface area contributed by atoms with Gasteiger partial charge < -0.3 is 9.80 Å². The van der Waals surface area contributed by atoms with Crippen molar-refractivity contribution in [3.63, 3.8) is 0 Å². The van der Waals surface area contributed by atoms with Crippen molar-refractivity contribution in [3.8, 4) is 0 Å². The molecule has 1 unspecified atom stereocenters. The zero-order chi connectivity index (χ0) is 12.1. The first-order chi connectivity index (χ1) is 8.84. The lowest BCUT2D eigenvalue weighted by Gasteiger charge is -2.55. The molecule has 0 radical (unpaired) electrons. The number of rotatable bonds is 0. The molecule has 5 atom stereocenters. The Morgan fingerprint density at radius 3 is 2.94 bits per heavy atom. The summed E-state index contributed by atoms with van der Waals surface area (Å²) in [6, 6.07) is 1.39. The van der Waals surface area contributed by atoms with E-state index in [1.165, 1.54) is 38.8 Å². The minimum absolute atomic E-state index is 0.280. The normalized spacial score (nSPS) is 46.6. The van der Waals surface area contributed by atoms with Crippen molar-refractivity contribution < 1.29 is 9.69 Å². The molecule has 3 fully saturated rings. The van der Waals surface area contributed by atoms with Gasteiger partial charge in [0.1, 0.15) is 0 Å². The van der Waals surface area contributed by atoms with Crippen molar-refractivity contribution in [2.75, 3.05) is 19.6 Å². The molecular weight excluding hydrogens is 224 g/mol. The highest BCUT2D eigenvalue weighted by Gasteiger charge is 2.52. The summed E-state index contributed by atoms with van der Waals surface area (Å²) in [7, 11) is 0. The van der Waals surface area contributed by atoms with Gasteiger partial charge >= 0.3 is 0 Å². The summed E-state index contributed by atoms with van der Waals surface area (Å²) < 4.78 is 0. The van der Waals surface area contributed by atoms with Crippen molar-refractivity contribution in [3.05, 3.63) is 12.2 Å². The first kappa shape index (κ1) is 11.0. The van der Waals surface area contributed by atoms with Crippen molar-refractivity contribution in [1.29, 1.82) is 0 Å². The van der Waals surface area contributed by atoms with Crippen molar-refractivity contribution in [2.24, 2.45) is 11.8 Å². The zero-order valence-electron chi connectivity index (χ0n) is 11.0. The molecule has 0 aromatic heterocycles. The Morgan fingerprint density at radius 1 is 1.22 bits per heavy atom. The lowest BCUT2D eigenvalue weighted by molar-refractivity contribution is -0.945. The number of amides is 1. The van der Waals surface area contributed by atoms with Crippen LogP contribution in [0.25, 0.3) is 0 Å². The molecule has 18 heavy (non-hydrogen) atoms. The molecule has 0 spiro atoms. The highest BCUT2D eigenvalue weighted by molar-refractivity contribution is 5.88. The van der Waals surface area contributed by atoms with Gasteiger partial charge in [0.2, 0.25) is 5.91 Å². The van der Waals surface area contributed by atoms with E-state index in [1.54, 1.807) is 6.08 Å². The Balaban J connectivity index is 1.68. The zero-order valence-corrected chi connectivity index (χ0v) is 11.0. The molecule has 1 N–H and O–H groups in total. The van der Waals surface area contributed by atoms with Gasteiger partial charge in [-0.3, -0.25) is 4.79 Å². The molecule has 0 bridgehead atoms. The van der Waals surface area contributed by atoms with E-state index in [0.717, 1.165) is 30.8 Å². The van der Waals surface area contributed by atoms with Crippen LogP contribution in [0.15, 0.2) is 12.2 Å². The SMILES string of the molecule is O=C1C=CC[C@@H]2[C@@H]3CCC[NH+]4CCC[C@H](CN12)[C@H]34. The number of fused-ring (bicyclic) bond motifs is 2. The Bertz CT molecular complexity index is 390. The Labute approximate surface area is 109 Å². The second-order valence-corrected chi connectivity index (χ2v) is 6.59. The number of carbonyl (C=O) groups is 1. The van der Waals surface area contributed by atoms with Gasteiger partial charge in [-0.1, -0.05) is 6.08 Å². The first-order valence-electron chi connectivity index (χ1n) is 7.66. The van der Waals surface area contributed by atoms with E-state index in [1.807, 2.05) is 4.90 Å². The minimum Gasteiger partial charge on any atom is -0.335 e. The van der Waals surface area contributed by atoms with E-state index in [2.05, 4.69) is 11.0 Å². The summed E-state index contributed by atoms with van der Waals surface area (Å²) >= 11 is 0. The maximum atomic E-state index is 12.1. The molecule has 3 nitrogen and oxygen atoms in total. The average Bonchev–Trinajstić information content (AvgIpc) is 2.41. The number of hydrogen-bond donors (Lipinski definition) is 1. The molecule has 0 aromatic rings. The third-order valence-corrected chi connectivity index (χ3v) is 5.80. The van der Waals surface area contributed by atoms with Gasteiger partial charge in [0.15, 0.2) is 0 Å². The van der Waals surface area contributed by atoms with Crippen LogP contribution in [-0.4, -0.2) is 42.5 Å². The third kappa shape index (κ3) is 1.49. The van der Waals surface area contributed by atoms with Crippen LogP contribution in [0.1, 0.15) is 32.1 Å². The Morgan fingerprint density at radius 2 is 2.06 bits per heavy atom. The topological polar surface area (TPSA) is 24.8 Å². The fourth-order valence-corrected chi connectivity index (χ4v) is 5.17. The number of quaternary nitrogens is 1. The minimum atomic E-state index is 0.280. The van der Waals surface area contributed by atoms with E-state index in [9.17, 15) is 4.79 Å². The van der Waals surface area contributed by atoms with Gasteiger partial charge in [0.05, 0.1) is 19.1 Å². The van der Waals surface area contributed by atoms with Crippen molar-refractivity contribution >= 4 is 5.91 Å². The van der Waals surface area contributed by atoms with E-state index in [0.29, 0.717) is 6.04 Å². The number of hydrogen-bond acceptors (Lipinski definition) is 1. The van der Waals surface area contributed by atoms with Gasteiger partial charge in [-0.15, -0.1) is 0 Å². The van der Waals surface area contributed by atoms with Crippen LogP contribution in [-0.2, 0) is 4.79 Å². The van der Waals surface area contributed by atoms with Crippen LogP contribution in [0.5, 0.6) is 0 Å². The molecular formula is C15H23N2O+. The van der Waals surface area contributed by atoms with Gasteiger partial charge in [-0.2, -0.15) is 0 Å². The smallest absolute Gasteiger partial charge is 0.246 e. The average molecular weight is 247 g/mol. The number of nitrogens with one attached hydrogen (secondary N) is 1. The van der Waals surface area contributed by atoms with Crippen molar-refractivity contribution in [2.45, 2.75) is 44.2 Å². The molecule has 1 amide bonds. The van der Waals surface area contributed by atoms with E-state index in [4.69, 9.17) is 0 Å². The van der Waals surface area contributed by atoms with Gasteiger partial charge in [-0.25, -0.2) is 0 Å². The summed E-state index contributed by atoms with van der Waals surface area (Å²) in [6.45, 7) is 3.81. The first-order valence-corrected chi connectivity index (χ1v) is 7.66. The van der Waals surface area contributed by atoms with Crippen LogP contribution < -0.4 is 4.90 Å². The summed E-state index contributed by atoms with van der Waals surface area (Å²) in [6.07, 6.45) is 10.5. The second-order valence-electron chi connectivity index (χ2n) is 6.59. The highest BCUT2D eigenvalue weighted by Crippen LogP contribution is 2.37. The molecule has 4 aliphatic heterocycles. The van der Waals surface area contributed by atoms with E-state index >= 15 is 0 Å². The Kier molecular flexibility index (Phi) is 2.51. The third-order valence-electron chi connectivity index (χ3n) is 5.80. The van der Waals surface area contributed by atoms with Crippen LogP contribution >= 0.6 is 0 Å². The molecule has 3 saturated heterocycles. The van der Waals surface area contributed by atoms with Gasteiger partial charge in [0.25, 0.3) is 0 Å². The molecule has 4 rings (SSSR count). The van der Waals surface area contributed by atoms with Gasteiger partial charge in [-0.05, 0) is 38.2 Å².